The van der Waals surface area contributed by atoms with Crippen LogP contribution in [0.1, 0.15) is 57.8 Å². The lowest BCUT2D eigenvalue weighted by Crippen LogP contribution is -2.38. The Balaban J connectivity index is 1.88. The number of aromatic nitrogens is 1. The van der Waals surface area contributed by atoms with Gasteiger partial charge in [0.1, 0.15) is 17.2 Å². The number of pyridine rings is 1. The predicted octanol–water partition coefficient (Wildman–Crippen LogP) is 1.44. The molecule has 0 spiro atoms. The molecule has 8 nitrogen and oxygen atoms in total. The largest absolute Gasteiger partial charge is 0.486 e. The van der Waals surface area contributed by atoms with Crippen LogP contribution in [0.2, 0.25) is 0 Å². The van der Waals surface area contributed by atoms with Crippen LogP contribution in [-0.2, 0) is 0 Å². The number of carbonyl (C=O) groups is 3. The molecule has 1 atom stereocenters. The van der Waals surface area contributed by atoms with Gasteiger partial charge in [-0.05, 0) is 31.5 Å². The van der Waals surface area contributed by atoms with E-state index in [-0.39, 0.29) is 29.1 Å². The molecule has 0 fully saturated rings. The molecular formula is C19H17N3O5. The summed E-state index contributed by atoms with van der Waals surface area (Å²) < 4.78 is 7.06. The van der Waals surface area contributed by atoms with Gasteiger partial charge in [-0.3, -0.25) is 29.1 Å². The second kappa shape index (κ2) is 5.54. The number of hydrogen-bond acceptors (Lipinski definition) is 6. The maximum Gasteiger partial charge on any atom is 0.262 e. The van der Waals surface area contributed by atoms with Crippen molar-refractivity contribution in [3.8, 4) is 11.4 Å². The molecule has 27 heavy (non-hydrogen) atoms. The number of nitrogens with zero attached hydrogens (tertiary/aromatic N) is 1. The summed E-state index contributed by atoms with van der Waals surface area (Å²) in [5.74, 6) is -1.11. The number of imide groups is 1. The number of Topliss-reactive ketones (excluding diaryl/α,β-unsaturated/α-hetero) is 1. The summed E-state index contributed by atoms with van der Waals surface area (Å²) in [5, 5.41) is 2.12. The van der Waals surface area contributed by atoms with Crippen LogP contribution in [-0.4, -0.2) is 27.8 Å². The van der Waals surface area contributed by atoms with E-state index in [1.807, 2.05) is 13.8 Å². The molecule has 2 aliphatic heterocycles. The number of ether oxygens (including phenoxy) is 1. The van der Waals surface area contributed by atoms with Gasteiger partial charge in [-0.15, -0.1) is 0 Å². The average molecular weight is 367 g/mol. The quantitative estimate of drug-likeness (QED) is 0.775. The average Bonchev–Trinajstić information content (AvgIpc) is 2.89. The van der Waals surface area contributed by atoms with Gasteiger partial charge in [0.15, 0.2) is 5.78 Å². The number of anilines is 1. The Hall–Kier alpha value is -3.42. The first-order chi connectivity index (χ1) is 12.7. The van der Waals surface area contributed by atoms with Crippen molar-refractivity contribution in [3.63, 3.8) is 0 Å². The fourth-order valence-corrected chi connectivity index (χ4v) is 3.44. The van der Waals surface area contributed by atoms with Gasteiger partial charge in [0.05, 0.1) is 28.8 Å². The zero-order valence-corrected chi connectivity index (χ0v) is 14.8. The summed E-state index contributed by atoms with van der Waals surface area (Å²) >= 11 is 0. The SMILES string of the molecule is CCC1(C)CC(=O)c2cc(-n3c(N)c4c(cc3=O)C(=O)NC4=O)ccc2O1. The number of carbonyl (C=O) groups excluding carboxylic acids is 3. The summed E-state index contributed by atoms with van der Waals surface area (Å²) in [4.78, 5) is 48.8. The van der Waals surface area contributed by atoms with Crippen LogP contribution in [0.3, 0.4) is 0 Å². The summed E-state index contributed by atoms with van der Waals surface area (Å²) in [6.45, 7) is 3.82. The standard InChI is InChI=1S/C19H17N3O5/c1-3-19(2)8-12(23)10-6-9(4-5-13(10)27-19)22-14(24)7-11-15(16(22)20)18(26)21-17(11)25/h4-7H,3,8,20H2,1-2H3,(H,21,25,26). The Bertz CT molecular complexity index is 1100. The highest BCUT2D eigenvalue weighted by molar-refractivity contribution is 6.23. The van der Waals surface area contributed by atoms with Crippen LogP contribution in [0, 0.1) is 0 Å². The van der Waals surface area contributed by atoms with Gasteiger partial charge in [0.2, 0.25) is 0 Å². The van der Waals surface area contributed by atoms with Crippen LogP contribution < -0.4 is 21.3 Å². The van der Waals surface area contributed by atoms with E-state index in [1.165, 1.54) is 6.07 Å². The third kappa shape index (κ3) is 2.44. The Kier molecular flexibility index (Phi) is 3.49. The number of fused-ring (bicyclic) bond motifs is 2. The molecular weight excluding hydrogens is 350 g/mol. The first kappa shape index (κ1) is 17.0. The van der Waals surface area contributed by atoms with Crippen LogP contribution in [0.4, 0.5) is 5.82 Å². The van der Waals surface area contributed by atoms with E-state index in [4.69, 9.17) is 10.5 Å². The third-order valence-electron chi connectivity index (χ3n) is 5.11. The molecule has 0 saturated heterocycles. The summed E-state index contributed by atoms with van der Waals surface area (Å²) in [5.41, 5.74) is 5.48. The molecule has 3 N–H and O–H groups in total. The highest BCUT2D eigenvalue weighted by Crippen LogP contribution is 2.36. The first-order valence-electron chi connectivity index (χ1n) is 8.52. The van der Waals surface area contributed by atoms with Crippen LogP contribution in [0.5, 0.6) is 5.75 Å². The van der Waals surface area contributed by atoms with E-state index in [9.17, 15) is 19.2 Å². The van der Waals surface area contributed by atoms with E-state index < -0.39 is 23.0 Å². The minimum atomic E-state index is -0.655. The molecule has 2 amide bonds. The van der Waals surface area contributed by atoms with Crippen molar-refractivity contribution in [3.05, 3.63) is 51.3 Å². The van der Waals surface area contributed by atoms with Gasteiger partial charge in [-0.25, -0.2) is 0 Å². The Morgan fingerprint density at radius 2 is 1.89 bits per heavy atom. The number of rotatable bonds is 2. The Morgan fingerprint density at radius 1 is 1.15 bits per heavy atom. The summed E-state index contributed by atoms with van der Waals surface area (Å²) in [6, 6.07) is 5.79. The molecule has 4 rings (SSSR count). The lowest BCUT2D eigenvalue weighted by atomic mass is 9.89. The van der Waals surface area contributed by atoms with E-state index in [0.29, 0.717) is 23.4 Å². The van der Waals surface area contributed by atoms with Crippen molar-refractivity contribution in [1.82, 2.24) is 9.88 Å². The van der Waals surface area contributed by atoms with E-state index in [2.05, 4.69) is 5.32 Å². The van der Waals surface area contributed by atoms with Gasteiger partial charge in [-0.2, -0.15) is 0 Å². The molecule has 0 bridgehead atoms. The topological polar surface area (TPSA) is 120 Å². The van der Waals surface area contributed by atoms with Crippen molar-refractivity contribution < 1.29 is 19.1 Å². The second-order valence-corrected chi connectivity index (χ2v) is 6.96. The van der Waals surface area contributed by atoms with Gasteiger partial charge in [0.25, 0.3) is 17.4 Å². The van der Waals surface area contributed by atoms with Crippen molar-refractivity contribution in [1.29, 1.82) is 0 Å². The minimum Gasteiger partial charge on any atom is -0.486 e. The van der Waals surface area contributed by atoms with E-state index in [0.717, 1.165) is 10.6 Å². The zero-order valence-electron chi connectivity index (χ0n) is 14.8. The highest BCUT2D eigenvalue weighted by atomic mass is 16.5. The molecule has 1 unspecified atom stereocenters. The van der Waals surface area contributed by atoms with Crippen molar-refractivity contribution in [2.45, 2.75) is 32.3 Å². The molecule has 1 aromatic heterocycles. The minimum absolute atomic E-state index is 0.0431. The molecule has 1 aromatic carbocycles. The second-order valence-electron chi connectivity index (χ2n) is 6.96. The monoisotopic (exact) mass is 367 g/mol. The van der Waals surface area contributed by atoms with Gasteiger partial charge >= 0.3 is 0 Å². The number of nitrogens with one attached hydrogen (secondary N) is 1. The zero-order chi connectivity index (χ0) is 19.5. The molecule has 138 valence electrons. The van der Waals surface area contributed by atoms with E-state index >= 15 is 0 Å². The lowest BCUT2D eigenvalue weighted by molar-refractivity contribution is 0.0498. The molecule has 2 aliphatic rings. The number of amides is 2. The number of nitrogens with two attached hydrogens (primary N) is 1. The third-order valence-corrected chi connectivity index (χ3v) is 5.11. The van der Waals surface area contributed by atoms with Crippen LogP contribution in [0.15, 0.2) is 29.1 Å². The molecule has 0 saturated carbocycles. The molecule has 8 heteroatoms. The number of benzene rings is 1. The molecule has 0 radical (unpaired) electrons. The maximum absolute atomic E-state index is 12.6. The highest BCUT2D eigenvalue weighted by Gasteiger charge is 2.36. The fraction of sp³-hybridized carbons (Fsp3) is 0.263. The van der Waals surface area contributed by atoms with Crippen LogP contribution >= 0.6 is 0 Å². The number of nitrogen functional groups attached to an aromatic ring is 1. The fourth-order valence-electron chi connectivity index (χ4n) is 3.44. The van der Waals surface area contributed by atoms with Gasteiger partial charge in [-0.1, -0.05) is 6.92 Å². The van der Waals surface area contributed by atoms with E-state index in [1.54, 1.807) is 12.1 Å². The molecule has 2 aromatic rings. The Labute approximate surface area is 153 Å². The first-order valence-corrected chi connectivity index (χ1v) is 8.52. The maximum atomic E-state index is 12.6. The summed E-state index contributed by atoms with van der Waals surface area (Å²) in [6.07, 6.45) is 0.908. The summed E-state index contributed by atoms with van der Waals surface area (Å²) in [7, 11) is 0. The normalized spacial score (nSPS) is 20.7. The van der Waals surface area contributed by atoms with Crippen molar-refractivity contribution >= 4 is 23.4 Å². The number of hydrogen-bond donors (Lipinski definition) is 2. The molecule has 0 aliphatic carbocycles. The Morgan fingerprint density at radius 3 is 2.59 bits per heavy atom. The molecule has 3 heterocycles. The lowest BCUT2D eigenvalue weighted by Gasteiger charge is -2.34. The predicted molar refractivity (Wildman–Crippen MR) is 96.5 cm³/mol. The smallest absolute Gasteiger partial charge is 0.262 e. The van der Waals surface area contributed by atoms with Crippen molar-refractivity contribution in [2.24, 2.45) is 0 Å². The van der Waals surface area contributed by atoms with Crippen LogP contribution in [0.25, 0.3) is 5.69 Å². The van der Waals surface area contributed by atoms with Crippen molar-refractivity contribution in [2.75, 3.05) is 5.73 Å². The van der Waals surface area contributed by atoms with Gasteiger partial charge in [0, 0.05) is 6.07 Å². The van der Waals surface area contributed by atoms with Gasteiger partial charge < -0.3 is 10.5 Å². The number of ketones is 1.